The van der Waals surface area contributed by atoms with Crippen LogP contribution in [-0.4, -0.2) is 45.7 Å². The standard InChI is InChI=1S/C18H20ClNO4S/c1-13-5-4-6-15(11-13)24-10-9-20(2)18(21)14-7-8-16(19)17(12-14)25(3,22)23/h4-8,11-12H,9-10H2,1-3H3. The largest absolute Gasteiger partial charge is 0.492 e. The average Bonchev–Trinajstić information content (AvgIpc) is 2.53. The van der Waals surface area contributed by atoms with Gasteiger partial charge in [-0.1, -0.05) is 23.7 Å². The Bertz CT molecular complexity index is 880. The first-order valence-corrected chi connectivity index (χ1v) is 9.90. The minimum atomic E-state index is -3.50. The Balaban J connectivity index is 2.02. The highest BCUT2D eigenvalue weighted by atomic mass is 35.5. The van der Waals surface area contributed by atoms with Crippen LogP contribution in [0.5, 0.6) is 5.75 Å². The molecule has 0 spiro atoms. The summed E-state index contributed by atoms with van der Waals surface area (Å²) in [6, 6.07) is 11.9. The van der Waals surface area contributed by atoms with Gasteiger partial charge in [-0.2, -0.15) is 0 Å². The molecule has 0 radical (unpaired) electrons. The number of sulfone groups is 1. The molecule has 0 saturated heterocycles. The molecule has 0 N–H and O–H groups in total. The van der Waals surface area contributed by atoms with Crippen LogP contribution in [0.4, 0.5) is 0 Å². The van der Waals surface area contributed by atoms with Gasteiger partial charge in [0.05, 0.1) is 16.5 Å². The number of nitrogens with zero attached hydrogens (tertiary/aromatic N) is 1. The predicted octanol–water partition coefficient (Wildman–Crippen LogP) is 3.20. The first-order chi connectivity index (χ1) is 11.7. The van der Waals surface area contributed by atoms with E-state index >= 15 is 0 Å². The van der Waals surface area contributed by atoms with Gasteiger partial charge in [0.15, 0.2) is 9.84 Å². The van der Waals surface area contributed by atoms with E-state index in [-0.39, 0.29) is 21.4 Å². The first kappa shape index (κ1) is 19.3. The van der Waals surface area contributed by atoms with E-state index in [1.807, 2.05) is 31.2 Å². The van der Waals surface area contributed by atoms with E-state index in [0.29, 0.717) is 13.2 Å². The van der Waals surface area contributed by atoms with Gasteiger partial charge in [0.25, 0.3) is 5.91 Å². The Morgan fingerprint density at radius 2 is 1.92 bits per heavy atom. The van der Waals surface area contributed by atoms with Gasteiger partial charge in [-0.25, -0.2) is 8.42 Å². The van der Waals surface area contributed by atoms with E-state index in [4.69, 9.17) is 16.3 Å². The van der Waals surface area contributed by atoms with Crippen LogP contribution in [-0.2, 0) is 9.84 Å². The van der Waals surface area contributed by atoms with Crippen molar-refractivity contribution >= 4 is 27.3 Å². The zero-order valence-electron chi connectivity index (χ0n) is 14.3. The second-order valence-electron chi connectivity index (χ2n) is 5.81. The van der Waals surface area contributed by atoms with Crippen LogP contribution in [0.25, 0.3) is 0 Å². The molecule has 0 fully saturated rings. The third-order valence-corrected chi connectivity index (χ3v) is 5.19. The molecular formula is C18H20ClNO4S. The van der Waals surface area contributed by atoms with Crippen molar-refractivity contribution < 1.29 is 17.9 Å². The molecule has 2 aromatic carbocycles. The van der Waals surface area contributed by atoms with Gasteiger partial charge < -0.3 is 9.64 Å². The number of hydrogen-bond acceptors (Lipinski definition) is 4. The van der Waals surface area contributed by atoms with Gasteiger partial charge in [0.1, 0.15) is 12.4 Å². The lowest BCUT2D eigenvalue weighted by atomic mass is 10.2. The third-order valence-electron chi connectivity index (χ3n) is 3.61. The smallest absolute Gasteiger partial charge is 0.253 e. The summed E-state index contributed by atoms with van der Waals surface area (Å²) in [6.45, 7) is 2.67. The van der Waals surface area contributed by atoms with Gasteiger partial charge in [-0.3, -0.25) is 4.79 Å². The summed E-state index contributed by atoms with van der Waals surface area (Å²) in [6.07, 6.45) is 1.06. The lowest BCUT2D eigenvalue weighted by molar-refractivity contribution is 0.0773. The Hall–Kier alpha value is -2.05. The van der Waals surface area contributed by atoms with E-state index in [0.717, 1.165) is 17.6 Å². The number of carbonyl (C=O) groups excluding carboxylic acids is 1. The topological polar surface area (TPSA) is 63.7 Å². The summed E-state index contributed by atoms with van der Waals surface area (Å²) in [7, 11) is -1.86. The number of carbonyl (C=O) groups is 1. The summed E-state index contributed by atoms with van der Waals surface area (Å²) in [4.78, 5) is 13.9. The summed E-state index contributed by atoms with van der Waals surface area (Å²) in [5.41, 5.74) is 1.36. The molecule has 25 heavy (non-hydrogen) atoms. The predicted molar refractivity (Wildman–Crippen MR) is 98.2 cm³/mol. The van der Waals surface area contributed by atoms with Gasteiger partial charge >= 0.3 is 0 Å². The quantitative estimate of drug-likeness (QED) is 0.770. The monoisotopic (exact) mass is 381 g/mol. The molecule has 7 heteroatoms. The van der Waals surface area contributed by atoms with Crippen LogP contribution >= 0.6 is 11.6 Å². The summed E-state index contributed by atoms with van der Waals surface area (Å²) >= 11 is 5.91. The SMILES string of the molecule is Cc1cccc(OCCN(C)C(=O)c2ccc(Cl)c(S(C)(=O)=O)c2)c1. The third kappa shape index (κ3) is 5.21. The van der Waals surface area contributed by atoms with Crippen molar-refractivity contribution in [1.29, 1.82) is 0 Å². The van der Waals surface area contributed by atoms with Crippen molar-refractivity contribution in [2.24, 2.45) is 0 Å². The minimum absolute atomic E-state index is 0.0515. The highest BCUT2D eigenvalue weighted by Gasteiger charge is 2.18. The van der Waals surface area contributed by atoms with Crippen molar-refractivity contribution in [2.45, 2.75) is 11.8 Å². The van der Waals surface area contributed by atoms with Crippen LogP contribution in [0.1, 0.15) is 15.9 Å². The van der Waals surface area contributed by atoms with Crippen molar-refractivity contribution in [2.75, 3.05) is 26.5 Å². The molecule has 2 rings (SSSR count). The van der Waals surface area contributed by atoms with Crippen molar-refractivity contribution in [3.63, 3.8) is 0 Å². The maximum Gasteiger partial charge on any atom is 0.253 e. The number of rotatable bonds is 6. The van der Waals surface area contributed by atoms with Crippen molar-refractivity contribution in [3.8, 4) is 5.75 Å². The van der Waals surface area contributed by atoms with E-state index in [2.05, 4.69) is 0 Å². The molecule has 0 aliphatic carbocycles. The number of benzene rings is 2. The highest BCUT2D eigenvalue weighted by Crippen LogP contribution is 2.23. The van der Waals surface area contributed by atoms with Gasteiger partial charge in [-0.05, 0) is 42.8 Å². The Kier molecular flexibility index (Phi) is 6.08. The van der Waals surface area contributed by atoms with Gasteiger partial charge in [0.2, 0.25) is 0 Å². The maximum absolute atomic E-state index is 12.5. The van der Waals surface area contributed by atoms with E-state index in [1.165, 1.54) is 23.1 Å². The fourth-order valence-electron chi connectivity index (χ4n) is 2.25. The number of aryl methyl sites for hydroxylation is 1. The Morgan fingerprint density at radius 3 is 2.56 bits per heavy atom. The number of likely N-dealkylation sites (N-methyl/N-ethyl adjacent to an activating group) is 1. The molecular weight excluding hydrogens is 362 g/mol. The normalized spacial score (nSPS) is 11.2. The van der Waals surface area contributed by atoms with E-state index < -0.39 is 9.84 Å². The zero-order chi connectivity index (χ0) is 18.6. The number of amides is 1. The summed E-state index contributed by atoms with van der Waals surface area (Å²) < 4.78 is 29.1. The molecule has 2 aromatic rings. The fraction of sp³-hybridized carbons (Fsp3) is 0.278. The minimum Gasteiger partial charge on any atom is -0.492 e. The molecule has 0 heterocycles. The van der Waals surface area contributed by atoms with Crippen LogP contribution in [0, 0.1) is 6.92 Å². The molecule has 0 atom stereocenters. The molecule has 0 aromatic heterocycles. The number of halogens is 1. The average molecular weight is 382 g/mol. The van der Waals surface area contributed by atoms with Crippen LogP contribution in [0.15, 0.2) is 47.4 Å². The lowest BCUT2D eigenvalue weighted by Gasteiger charge is -2.18. The second-order valence-corrected chi connectivity index (χ2v) is 8.20. The van der Waals surface area contributed by atoms with Gasteiger partial charge in [0, 0.05) is 18.9 Å². The van der Waals surface area contributed by atoms with Crippen LogP contribution in [0.3, 0.4) is 0 Å². The molecule has 0 aliphatic heterocycles. The Morgan fingerprint density at radius 1 is 1.20 bits per heavy atom. The molecule has 0 aliphatic rings. The number of hydrogen-bond donors (Lipinski definition) is 0. The molecule has 134 valence electrons. The number of ether oxygens (including phenoxy) is 1. The molecule has 1 amide bonds. The van der Waals surface area contributed by atoms with E-state index in [9.17, 15) is 13.2 Å². The first-order valence-electron chi connectivity index (χ1n) is 7.63. The fourth-order valence-corrected chi connectivity index (χ4v) is 3.55. The molecule has 0 unspecified atom stereocenters. The lowest BCUT2D eigenvalue weighted by Crippen LogP contribution is -2.31. The molecule has 0 saturated carbocycles. The Labute approximate surface area is 153 Å². The van der Waals surface area contributed by atoms with Gasteiger partial charge in [-0.15, -0.1) is 0 Å². The van der Waals surface area contributed by atoms with Crippen LogP contribution < -0.4 is 4.74 Å². The van der Waals surface area contributed by atoms with E-state index in [1.54, 1.807) is 7.05 Å². The summed E-state index contributed by atoms with van der Waals surface area (Å²) in [5.74, 6) is 0.445. The van der Waals surface area contributed by atoms with Crippen molar-refractivity contribution in [1.82, 2.24) is 4.90 Å². The maximum atomic E-state index is 12.5. The molecule has 0 bridgehead atoms. The van der Waals surface area contributed by atoms with Crippen molar-refractivity contribution in [3.05, 3.63) is 58.6 Å². The highest BCUT2D eigenvalue weighted by molar-refractivity contribution is 7.90. The zero-order valence-corrected chi connectivity index (χ0v) is 15.9. The molecule has 5 nitrogen and oxygen atoms in total. The summed E-state index contributed by atoms with van der Waals surface area (Å²) in [5, 5.41) is 0.101. The van der Waals surface area contributed by atoms with Crippen LogP contribution in [0.2, 0.25) is 5.02 Å². The second kappa shape index (κ2) is 7.89.